The highest BCUT2D eigenvalue weighted by Gasteiger charge is 2.41. The molecule has 0 aromatic heterocycles. The second-order valence-corrected chi connectivity index (χ2v) is 13.5. The van der Waals surface area contributed by atoms with Crippen molar-refractivity contribution in [3.05, 3.63) is 70.0 Å². The van der Waals surface area contributed by atoms with Crippen LogP contribution < -0.4 is 0 Å². The number of sulfonamides is 1. The third-order valence-corrected chi connectivity index (χ3v) is 9.75. The maximum atomic E-state index is 14.0. The van der Waals surface area contributed by atoms with Gasteiger partial charge in [0.15, 0.2) is 0 Å². The van der Waals surface area contributed by atoms with Gasteiger partial charge in [0.2, 0.25) is 15.9 Å². The van der Waals surface area contributed by atoms with Gasteiger partial charge >= 0.3 is 12.4 Å². The molecule has 0 aliphatic carbocycles. The highest BCUT2D eigenvalue weighted by atomic mass is 32.2. The Bertz CT molecular complexity index is 1410. The van der Waals surface area contributed by atoms with E-state index in [-0.39, 0.29) is 17.7 Å². The van der Waals surface area contributed by atoms with E-state index in [9.17, 15) is 43.9 Å². The number of nitrogens with zero attached hydrogens (tertiary/aromatic N) is 3. The molecule has 2 heterocycles. The van der Waals surface area contributed by atoms with Crippen molar-refractivity contribution in [1.82, 2.24) is 14.1 Å². The molecule has 0 unspecified atom stereocenters. The molecule has 0 bridgehead atoms. The molecule has 14 heteroatoms. The fraction of sp³-hybridized carbons (Fsp3) is 0.552. The molecule has 0 N–H and O–H groups in total. The van der Waals surface area contributed by atoms with Crippen LogP contribution in [0.2, 0.25) is 0 Å². The molecule has 238 valence electrons. The Kier molecular flexibility index (Phi) is 9.53. The number of amides is 1. The maximum absolute atomic E-state index is 14.0. The van der Waals surface area contributed by atoms with Crippen LogP contribution in [0.25, 0.3) is 0 Å². The third-order valence-electron chi connectivity index (χ3n) is 8.45. The van der Waals surface area contributed by atoms with E-state index in [4.69, 9.17) is 0 Å². The summed E-state index contributed by atoms with van der Waals surface area (Å²) in [5, 5.41) is 0. The first-order valence-electron chi connectivity index (χ1n) is 13.8. The number of carbonyl (C=O) groups is 1. The van der Waals surface area contributed by atoms with E-state index >= 15 is 0 Å². The van der Waals surface area contributed by atoms with Gasteiger partial charge in [-0.25, -0.2) is 17.1 Å². The molecule has 2 aliphatic heterocycles. The zero-order valence-electron chi connectivity index (χ0n) is 24.0. The number of hydrogen-bond donors (Lipinski definition) is 0. The van der Waals surface area contributed by atoms with Crippen molar-refractivity contribution in [2.24, 2.45) is 5.92 Å². The lowest BCUT2D eigenvalue weighted by atomic mass is 9.77. The van der Waals surface area contributed by atoms with E-state index in [1.165, 1.54) is 23.5 Å². The second-order valence-electron chi connectivity index (χ2n) is 11.5. The largest absolute Gasteiger partial charge is 0.416 e. The van der Waals surface area contributed by atoms with E-state index < -0.39 is 63.6 Å². The molecule has 43 heavy (non-hydrogen) atoms. The third kappa shape index (κ3) is 7.88. The van der Waals surface area contributed by atoms with Gasteiger partial charge < -0.3 is 4.90 Å². The zero-order valence-corrected chi connectivity index (χ0v) is 24.8. The van der Waals surface area contributed by atoms with Crippen LogP contribution in [-0.2, 0) is 33.7 Å². The quantitative estimate of drug-likeness (QED) is 0.384. The van der Waals surface area contributed by atoms with Crippen molar-refractivity contribution < 1.29 is 43.9 Å². The lowest BCUT2D eigenvalue weighted by Gasteiger charge is -2.45. The van der Waals surface area contributed by atoms with Gasteiger partial charge in [-0.1, -0.05) is 6.07 Å². The van der Waals surface area contributed by atoms with Crippen LogP contribution in [0.4, 0.5) is 30.7 Å². The number of benzene rings is 2. The van der Waals surface area contributed by atoms with Gasteiger partial charge in [0, 0.05) is 51.1 Å². The zero-order chi connectivity index (χ0) is 31.9. The summed E-state index contributed by atoms with van der Waals surface area (Å²) in [6.45, 7) is 2.87. The minimum atomic E-state index is -5.01. The van der Waals surface area contributed by atoms with Crippen LogP contribution in [0.1, 0.15) is 53.0 Å². The fourth-order valence-corrected chi connectivity index (χ4v) is 7.13. The SMILES string of the molecule is Cc1cc(F)ccc1[C@@H]1CN(C2CCN(S(C)(=O)=O)CC2)CC[C@H]1C(=O)N(C)Cc1cc(C(F)(F)F)cc(C(F)(F)F)c1. The normalized spacial score (nSPS) is 21.6. The molecule has 0 saturated carbocycles. The molecule has 2 fully saturated rings. The highest BCUT2D eigenvalue weighted by molar-refractivity contribution is 7.88. The molecule has 0 radical (unpaired) electrons. The first-order valence-corrected chi connectivity index (χ1v) is 15.7. The van der Waals surface area contributed by atoms with Crippen molar-refractivity contribution in [1.29, 1.82) is 0 Å². The Hall–Kier alpha value is -2.71. The summed E-state index contributed by atoms with van der Waals surface area (Å²) >= 11 is 0. The smallest absolute Gasteiger partial charge is 0.341 e. The monoisotopic (exact) mass is 637 g/mol. The summed E-state index contributed by atoms with van der Waals surface area (Å²) in [6, 6.07) is 5.59. The van der Waals surface area contributed by atoms with Crippen LogP contribution >= 0.6 is 0 Å². The summed E-state index contributed by atoms with van der Waals surface area (Å²) in [7, 11) is -1.97. The highest BCUT2D eigenvalue weighted by Crippen LogP contribution is 2.39. The lowest BCUT2D eigenvalue weighted by molar-refractivity contribution is -0.143. The van der Waals surface area contributed by atoms with Crippen LogP contribution in [0, 0.1) is 18.7 Å². The number of carbonyl (C=O) groups excluding carboxylic acids is 1. The van der Waals surface area contributed by atoms with Crippen LogP contribution in [0.3, 0.4) is 0 Å². The van der Waals surface area contributed by atoms with E-state index in [1.54, 1.807) is 13.0 Å². The molecular formula is C29H34F7N3O3S. The molecule has 1 amide bonds. The minimum Gasteiger partial charge on any atom is -0.341 e. The Labute approximate surface area is 246 Å². The van der Waals surface area contributed by atoms with E-state index in [0.29, 0.717) is 63.1 Å². The second kappa shape index (κ2) is 12.4. The first kappa shape index (κ1) is 33.2. The van der Waals surface area contributed by atoms with Gasteiger partial charge in [-0.15, -0.1) is 0 Å². The van der Waals surface area contributed by atoms with Crippen molar-refractivity contribution >= 4 is 15.9 Å². The molecule has 6 nitrogen and oxygen atoms in total. The maximum Gasteiger partial charge on any atom is 0.416 e. The minimum absolute atomic E-state index is 0.0504. The lowest BCUT2D eigenvalue weighted by Crippen LogP contribution is -2.52. The predicted octanol–water partition coefficient (Wildman–Crippen LogP) is 5.66. The fourth-order valence-electron chi connectivity index (χ4n) is 6.26. The van der Waals surface area contributed by atoms with Crippen LogP contribution in [-0.4, -0.2) is 74.0 Å². The number of hydrogen-bond acceptors (Lipinski definition) is 4. The number of halogens is 7. The molecule has 2 aromatic rings. The number of rotatable bonds is 6. The predicted molar refractivity (Wildman–Crippen MR) is 146 cm³/mol. The Morgan fingerprint density at radius 3 is 2.02 bits per heavy atom. The van der Waals surface area contributed by atoms with Crippen molar-refractivity contribution in [2.45, 2.75) is 57.0 Å². The Morgan fingerprint density at radius 2 is 1.51 bits per heavy atom. The summed E-state index contributed by atoms with van der Waals surface area (Å²) in [6.07, 6.45) is -7.30. The molecule has 2 aliphatic rings. The summed E-state index contributed by atoms with van der Waals surface area (Å²) < 4.78 is 120. The van der Waals surface area contributed by atoms with Gasteiger partial charge in [-0.05, 0) is 79.8 Å². The first-order chi connectivity index (χ1) is 19.8. The molecule has 4 rings (SSSR count). The number of aryl methyl sites for hydroxylation is 1. The Balaban J connectivity index is 1.58. The van der Waals surface area contributed by atoms with Crippen LogP contribution in [0.5, 0.6) is 0 Å². The molecular weight excluding hydrogens is 603 g/mol. The van der Waals surface area contributed by atoms with E-state index in [2.05, 4.69) is 4.90 Å². The Morgan fingerprint density at radius 1 is 0.930 bits per heavy atom. The van der Waals surface area contributed by atoms with Crippen molar-refractivity contribution in [3.8, 4) is 0 Å². The molecule has 2 aromatic carbocycles. The van der Waals surface area contributed by atoms with Gasteiger partial charge in [0.25, 0.3) is 0 Å². The number of likely N-dealkylation sites (tertiary alicyclic amines) is 1. The summed E-state index contributed by atoms with van der Waals surface area (Å²) in [5.41, 5.74) is -1.86. The average molecular weight is 638 g/mol. The van der Waals surface area contributed by atoms with Gasteiger partial charge in [-0.2, -0.15) is 26.3 Å². The van der Waals surface area contributed by atoms with Crippen LogP contribution in [0.15, 0.2) is 36.4 Å². The van der Waals surface area contributed by atoms with Gasteiger partial charge in [0.1, 0.15) is 5.82 Å². The summed E-state index contributed by atoms with van der Waals surface area (Å²) in [4.78, 5) is 17.1. The van der Waals surface area contributed by atoms with E-state index in [0.717, 1.165) is 16.7 Å². The van der Waals surface area contributed by atoms with Crippen molar-refractivity contribution in [2.75, 3.05) is 39.5 Å². The van der Waals surface area contributed by atoms with Gasteiger partial charge in [0.05, 0.1) is 17.4 Å². The van der Waals surface area contributed by atoms with Gasteiger partial charge in [-0.3, -0.25) is 9.69 Å². The number of piperidine rings is 2. The topological polar surface area (TPSA) is 60.9 Å². The molecule has 0 spiro atoms. The summed E-state index contributed by atoms with van der Waals surface area (Å²) in [5.74, 6) is -1.97. The number of alkyl halides is 6. The van der Waals surface area contributed by atoms with E-state index in [1.807, 2.05) is 0 Å². The molecule has 2 saturated heterocycles. The average Bonchev–Trinajstić information content (AvgIpc) is 2.91. The standard InChI is InChI=1S/C29H34F7N3O3S/c1-18-12-22(30)4-5-24(18)26-17-38(23-6-10-39(11-7-23)43(3,41)42)9-8-25(26)27(40)37(2)16-19-13-20(28(31,32)33)15-21(14-19)29(34,35)36/h4-5,12-15,23,25-26H,6-11,16-17H2,1-3H3/t25-,26+/m1/s1. The molecule has 2 atom stereocenters. The van der Waals surface area contributed by atoms with Crippen molar-refractivity contribution in [3.63, 3.8) is 0 Å².